The number of piperidine rings is 1. The molecule has 0 aromatic rings. The summed E-state index contributed by atoms with van der Waals surface area (Å²) in [6.45, 7) is 3.37. The Morgan fingerprint density at radius 3 is 2.38 bits per heavy atom. The number of hydrogen-bond donors (Lipinski definition) is 1. The maximum atomic E-state index is 11.1. The van der Waals surface area contributed by atoms with Gasteiger partial charge in [-0.05, 0) is 25.2 Å². The predicted molar refractivity (Wildman–Crippen MR) is 61.1 cm³/mol. The largest absolute Gasteiger partial charge is 0.481 e. The van der Waals surface area contributed by atoms with Gasteiger partial charge in [0.25, 0.3) is 0 Å². The number of hydrogen-bond acceptors (Lipinski definition) is 2. The molecule has 0 saturated carbocycles. The zero-order valence-electron chi connectivity index (χ0n) is 9.95. The number of carboxylic acids is 1. The third kappa shape index (κ3) is 4.64. The van der Waals surface area contributed by atoms with Crippen molar-refractivity contribution in [3.8, 4) is 0 Å². The van der Waals surface area contributed by atoms with Gasteiger partial charge in [0.05, 0.1) is 0 Å². The van der Waals surface area contributed by atoms with Gasteiger partial charge in [0.15, 0.2) is 0 Å². The molecule has 0 bridgehead atoms. The molecule has 0 aromatic carbocycles. The molecule has 0 radical (unpaired) electrons. The van der Waals surface area contributed by atoms with E-state index in [0.717, 1.165) is 45.2 Å². The summed E-state index contributed by atoms with van der Waals surface area (Å²) in [5.41, 5.74) is 0. The first-order chi connectivity index (χ1) is 7.59. The van der Waals surface area contributed by atoms with Gasteiger partial charge in [-0.2, -0.15) is 0 Å². The van der Waals surface area contributed by atoms with E-state index in [4.69, 9.17) is 5.11 Å². The number of likely N-dealkylation sites (tertiary alicyclic amines) is 1. The number of rotatable bonds is 5. The Balaban J connectivity index is 2.08. The number of carbonyl (C=O) groups excluding carboxylic acids is 1. The van der Waals surface area contributed by atoms with Crippen molar-refractivity contribution in [2.24, 2.45) is 5.92 Å². The summed E-state index contributed by atoms with van der Waals surface area (Å²) in [5, 5.41) is 8.50. The van der Waals surface area contributed by atoms with E-state index in [-0.39, 0.29) is 12.3 Å². The van der Waals surface area contributed by atoms with E-state index in [9.17, 15) is 9.59 Å². The maximum absolute atomic E-state index is 11.1. The lowest BCUT2D eigenvalue weighted by Crippen LogP contribution is -2.36. The van der Waals surface area contributed by atoms with E-state index in [1.807, 2.05) is 4.90 Å². The molecule has 1 aliphatic heterocycles. The third-order valence-corrected chi connectivity index (χ3v) is 3.31. The first-order valence-electron chi connectivity index (χ1n) is 6.07. The van der Waals surface area contributed by atoms with Crippen LogP contribution in [0.4, 0.5) is 0 Å². The van der Waals surface area contributed by atoms with Crippen molar-refractivity contribution in [1.29, 1.82) is 0 Å². The minimum Gasteiger partial charge on any atom is -0.481 e. The molecule has 1 fully saturated rings. The highest BCUT2D eigenvalue weighted by molar-refractivity contribution is 5.73. The van der Waals surface area contributed by atoms with Gasteiger partial charge in [-0.15, -0.1) is 0 Å². The molecule has 1 heterocycles. The second-order valence-electron chi connectivity index (χ2n) is 4.59. The van der Waals surface area contributed by atoms with Crippen LogP contribution in [0.2, 0.25) is 0 Å². The Morgan fingerprint density at radius 1 is 1.25 bits per heavy atom. The Labute approximate surface area is 96.6 Å². The first kappa shape index (κ1) is 13.0. The Bertz CT molecular complexity index is 245. The molecule has 1 amide bonds. The van der Waals surface area contributed by atoms with Crippen molar-refractivity contribution in [3.05, 3.63) is 0 Å². The molecule has 0 unspecified atom stereocenters. The summed E-state index contributed by atoms with van der Waals surface area (Å²) in [6, 6.07) is 0. The predicted octanol–water partition coefficient (Wildman–Crippen LogP) is 1.89. The minimum atomic E-state index is -0.702. The van der Waals surface area contributed by atoms with Crippen LogP contribution >= 0.6 is 0 Å². The van der Waals surface area contributed by atoms with Crippen molar-refractivity contribution in [1.82, 2.24) is 4.90 Å². The van der Waals surface area contributed by atoms with Crippen molar-refractivity contribution in [3.63, 3.8) is 0 Å². The van der Waals surface area contributed by atoms with E-state index < -0.39 is 5.97 Å². The number of amides is 1. The number of carbonyl (C=O) groups is 2. The van der Waals surface area contributed by atoms with Gasteiger partial charge in [-0.3, -0.25) is 9.59 Å². The van der Waals surface area contributed by atoms with Crippen LogP contribution in [0, 0.1) is 5.92 Å². The van der Waals surface area contributed by atoms with Crippen molar-refractivity contribution in [2.45, 2.75) is 45.4 Å². The molecule has 1 N–H and O–H groups in total. The van der Waals surface area contributed by atoms with Crippen LogP contribution in [-0.2, 0) is 9.59 Å². The van der Waals surface area contributed by atoms with E-state index in [1.54, 1.807) is 6.92 Å². The molecule has 16 heavy (non-hydrogen) atoms. The molecular weight excluding hydrogens is 206 g/mol. The van der Waals surface area contributed by atoms with Gasteiger partial charge in [0, 0.05) is 26.4 Å². The van der Waals surface area contributed by atoms with Crippen molar-refractivity contribution >= 4 is 11.9 Å². The fourth-order valence-corrected chi connectivity index (χ4v) is 2.25. The van der Waals surface area contributed by atoms with Crippen LogP contribution in [-0.4, -0.2) is 35.0 Å². The summed E-state index contributed by atoms with van der Waals surface area (Å²) < 4.78 is 0. The summed E-state index contributed by atoms with van der Waals surface area (Å²) in [7, 11) is 0. The Kier molecular flexibility index (Phi) is 5.29. The summed E-state index contributed by atoms with van der Waals surface area (Å²) in [6.07, 6.45) is 5.32. The van der Waals surface area contributed by atoms with E-state index >= 15 is 0 Å². The zero-order chi connectivity index (χ0) is 12.0. The molecule has 0 aliphatic carbocycles. The minimum absolute atomic E-state index is 0.171. The number of carboxylic acid groups (broad SMARTS) is 1. The average molecular weight is 227 g/mol. The molecule has 1 aliphatic rings. The topological polar surface area (TPSA) is 57.6 Å². The van der Waals surface area contributed by atoms with E-state index in [2.05, 4.69) is 0 Å². The Hall–Kier alpha value is -1.06. The average Bonchev–Trinajstić information content (AvgIpc) is 2.25. The van der Waals surface area contributed by atoms with E-state index in [1.165, 1.54) is 0 Å². The molecule has 1 saturated heterocycles. The second-order valence-corrected chi connectivity index (χ2v) is 4.59. The molecule has 4 heteroatoms. The molecular formula is C12H21NO3. The van der Waals surface area contributed by atoms with Gasteiger partial charge in [0.2, 0.25) is 5.91 Å². The molecule has 4 nitrogen and oxygen atoms in total. The molecule has 0 aromatic heterocycles. The summed E-state index contributed by atoms with van der Waals surface area (Å²) >= 11 is 0. The number of aliphatic carboxylic acids is 1. The van der Waals surface area contributed by atoms with Crippen molar-refractivity contribution < 1.29 is 14.7 Å². The normalized spacial score (nSPS) is 17.4. The Morgan fingerprint density at radius 2 is 1.88 bits per heavy atom. The highest BCUT2D eigenvalue weighted by Crippen LogP contribution is 2.22. The van der Waals surface area contributed by atoms with Crippen LogP contribution in [0.5, 0.6) is 0 Å². The molecule has 0 spiro atoms. The highest BCUT2D eigenvalue weighted by atomic mass is 16.4. The summed E-state index contributed by atoms with van der Waals surface area (Å²) in [4.78, 5) is 23.3. The second kappa shape index (κ2) is 6.51. The molecule has 0 atom stereocenters. The van der Waals surface area contributed by atoms with E-state index in [0.29, 0.717) is 5.92 Å². The SMILES string of the molecule is CC(=O)N1CCC(CCCCC(=O)O)CC1. The van der Waals surface area contributed by atoms with Gasteiger partial charge < -0.3 is 10.0 Å². The quantitative estimate of drug-likeness (QED) is 0.730. The highest BCUT2D eigenvalue weighted by Gasteiger charge is 2.19. The lowest BCUT2D eigenvalue weighted by Gasteiger charge is -2.31. The van der Waals surface area contributed by atoms with Gasteiger partial charge in [-0.1, -0.05) is 12.8 Å². The zero-order valence-corrected chi connectivity index (χ0v) is 9.95. The van der Waals surface area contributed by atoms with Gasteiger partial charge in [-0.25, -0.2) is 0 Å². The van der Waals surface area contributed by atoms with Crippen LogP contribution in [0.3, 0.4) is 0 Å². The van der Waals surface area contributed by atoms with Gasteiger partial charge >= 0.3 is 5.97 Å². The fraction of sp³-hybridized carbons (Fsp3) is 0.833. The fourth-order valence-electron chi connectivity index (χ4n) is 2.25. The third-order valence-electron chi connectivity index (χ3n) is 3.31. The standard InChI is InChI=1S/C12H21NO3/c1-10(14)13-8-6-11(7-9-13)4-2-3-5-12(15)16/h11H,2-9H2,1H3,(H,15,16). The molecule has 92 valence electrons. The van der Waals surface area contributed by atoms with Crippen LogP contribution in [0.25, 0.3) is 0 Å². The first-order valence-corrected chi connectivity index (χ1v) is 6.07. The maximum Gasteiger partial charge on any atom is 0.303 e. The van der Waals surface area contributed by atoms with Gasteiger partial charge in [0.1, 0.15) is 0 Å². The lowest BCUT2D eigenvalue weighted by molar-refractivity contribution is -0.137. The van der Waals surface area contributed by atoms with Crippen LogP contribution in [0.15, 0.2) is 0 Å². The summed E-state index contributed by atoms with van der Waals surface area (Å²) in [5.74, 6) is 0.153. The number of nitrogens with zero attached hydrogens (tertiary/aromatic N) is 1. The molecule has 1 rings (SSSR count). The van der Waals surface area contributed by atoms with Crippen LogP contribution < -0.4 is 0 Å². The number of unbranched alkanes of at least 4 members (excludes halogenated alkanes) is 1. The van der Waals surface area contributed by atoms with Crippen molar-refractivity contribution in [2.75, 3.05) is 13.1 Å². The smallest absolute Gasteiger partial charge is 0.303 e. The lowest BCUT2D eigenvalue weighted by atomic mass is 9.91. The monoisotopic (exact) mass is 227 g/mol. The van der Waals surface area contributed by atoms with Crippen LogP contribution in [0.1, 0.15) is 45.4 Å².